The molecule has 3 heterocycles. The van der Waals surface area contributed by atoms with Crippen molar-refractivity contribution in [1.82, 2.24) is 10.2 Å². The number of benzene rings is 2. The van der Waals surface area contributed by atoms with E-state index in [4.69, 9.17) is 37.7 Å². The van der Waals surface area contributed by atoms with Crippen LogP contribution in [-0.4, -0.2) is 36.9 Å². The van der Waals surface area contributed by atoms with Crippen LogP contribution in [-0.2, 0) is 0 Å². The number of thiophene rings is 1. The summed E-state index contributed by atoms with van der Waals surface area (Å²) >= 11 is 14.9. The van der Waals surface area contributed by atoms with Crippen molar-refractivity contribution in [2.24, 2.45) is 4.99 Å². The quantitative estimate of drug-likeness (QED) is 0.384. The van der Waals surface area contributed by atoms with Crippen LogP contribution in [0, 0.1) is 0 Å². The summed E-state index contributed by atoms with van der Waals surface area (Å²) in [6.07, 6.45) is 1.79. The fourth-order valence-electron chi connectivity index (χ4n) is 3.53. The number of anilines is 3. The molecule has 0 unspecified atom stereocenters. The molecule has 0 saturated heterocycles. The number of H-pyrrole nitrogens is 1. The number of aliphatic imine (C=N–C) groups is 1. The van der Waals surface area contributed by atoms with Crippen LogP contribution in [0.1, 0.15) is 4.88 Å². The van der Waals surface area contributed by atoms with Crippen LogP contribution >= 0.6 is 34.5 Å². The average Bonchev–Trinajstić information content (AvgIpc) is 3.45. The molecule has 7 nitrogen and oxygen atoms in total. The number of nitrogens with zero attached hydrogens (tertiary/aromatic N) is 3. The van der Waals surface area contributed by atoms with Gasteiger partial charge in [0, 0.05) is 17.1 Å². The lowest BCUT2D eigenvalue weighted by Gasteiger charge is -2.30. The van der Waals surface area contributed by atoms with E-state index in [-0.39, 0.29) is 0 Å². The number of hydrogen-bond acceptors (Lipinski definition) is 7. The van der Waals surface area contributed by atoms with Crippen LogP contribution < -0.4 is 19.7 Å². The molecule has 158 valence electrons. The van der Waals surface area contributed by atoms with E-state index in [1.165, 1.54) is 0 Å². The number of ether oxygens (including phenoxy) is 2. The first-order valence-corrected chi connectivity index (χ1v) is 10.9. The molecule has 0 aliphatic carbocycles. The Bertz CT molecular complexity index is 1290. The molecular weight excluding hydrogens is 457 g/mol. The van der Waals surface area contributed by atoms with Crippen molar-refractivity contribution in [2.45, 2.75) is 0 Å². The Morgan fingerprint density at radius 1 is 1.10 bits per heavy atom. The minimum absolute atomic E-state index is 0.328. The summed E-state index contributed by atoms with van der Waals surface area (Å²) in [5.74, 6) is 1.74. The predicted octanol–water partition coefficient (Wildman–Crippen LogP) is 5.92. The monoisotopic (exact) mass is 473 g/mol. The van der Waals surface area contributed by atoms with Crippen molar-refractivity contribution in [1.29, 1.82) is 0 Å². The van der Waals surface area contributed by atoms with Gasteiger partial charge in [0.25, 0.3) is 0 Å². The molecule has 0 amide bonds. The number of methoxy groups -OCH3 is 2. The zero-order chi connectivity index (χ0) is 21.5. The van der Waals surface area contributed by atoms with Gasteiger partial charge in [-0.3, -0.25) is 5.10 Å². The van der Waals surface area contributed by atoms with Gasteiger partial charge in [-0.25, -0.2) is 4.99 Å². The van der Waals surface area contributed by atoms with Crippen molar-refractivity contribution in [2.75, 3.05) is 31.1 Å². The van der Waals surface area contributed by atoms with Crippen molar-refractivity contribution in [3.8, 4) is 11.5 Å². The molecule has 0 fully saturated rings. The van der Waals surface area contributed by atoms with E-state index in [9.17, 15) is 0 Å². The molecule has 1 aliphatic heterocycles. The minimum atomic E-state index is 0.328. The standard InChI is InChI=1S/C21H17Cl2N5O2S/c1-29-15-8-16(30-2)18(23)19(17(15)22)28-10-24-21(20-14(28)5-6-31-20)26-12-4-3-11-9-25-27-13(11)7-12/h3-9H,10H2,1-2H3,(H,24,26)(H,25,27). The van der Waals surface area contributed by atoms with Crippen molar-refractivity contribution in [3.63, 3.8) is 0 Å². The van der Waals surface area contributed by atoms with Gasteiger partial charge in [-0.1, -0.05) is 23.2 Å². The molecule has 0 radical (unpaired) electrons. The summed E-state index contributed by atoms with van der Waals surface area (Å²) in [4.78, 5) is 7.71. The Morgan fingerprint density at radius 3 is 2.61 bits per heavy atom. The summed E-state index contributed by atoms with van der Waals surface area (Å²) in [5, 5.41) is 14.4. The number of aromatic nitrogens is 2. The molecule has 10 heteroatoms. The molecule has 2 N–H and O–H groups in total. The Balaban J connectivity index is 1.54. The Kier molecular flexibility index (Phi) is 5.13. The molecular formula is C21H17Cl2N5O2S. The lowest BCUT2D eigenvalue weighted by Crippen LogP contribution is -2.28. The highest BCUT2D eigenvalue weighted by molar-refractivity contribution is 7.13. The fraction of sp³-hybridized carbons (Fsp3) is 0.143. The Morgan fingerprint density at radius 2 is 1.87 bits per heavy atom. The van der Waals surface area contributed by atoms with Crippen molar-refractivity contribution < 1.29 is 9.47 Å². The first-order chi connectivity index (χ1) is 15.1. The van der Waals surface area contributed by atoms with Gasteiger partial charge in [0.05, 0.1) is 42.2 Å². The second-order valence-corrected chi connectivity index (χ2v) is 8.44. The van der Waals surface area contributed by atoms with E-state index in [1.54, 1.807) is 37.8 Å². The van der Waals surface area contributed by atoms with E-state index in [1.807, 2.05) is 34.5 Å². The van der Waals surface area contributed by atoms with Crippen molar-refractivity contribution in [3.05, 3.63) is 56.8 Å². The van der Waals surface area contributed by atoms with Gasteiger partial charge in [-0.15, -0.1) is 11.3 Å². The molecule has 5 rings (SSSR count). The van der Waals surface area contributed by atoms with E-state index in [0.29, 0.717) is 33.9 Å². The first kappa shape index (κ1) is 20.0. The number of aromatic amines is 1. The number of rotatable bonds is 4. The van der Waals surface area contributed by atoms with Crippen molar-refractivity contribution >= 4 is 68.3 Å². The molecule has 2 aromatic carbocycles. The summed E-state index contributed by atoms with van der Waals surface area (Å²) in [5.41, 5.74) is 3.42. The average molecular weight is 474 g/mol. The van der Waals surface area contributed by atoms with Crippen LogP contribution in [0.15, 0.2) is 46.9 Å². The van der Waals surface area contributed by atoms with Gasteiger partial charge >= 0.3 is 0 Å². The summed E-state index contributed by atoms with van der Waals surface area (Å²) < 4.78 is 10.8. The molecule has 0 saturated carbocycles. The Labute approximate surface area is 192 Å². The fourth-order valence-corrected chi connectivity index (χ4v) is 5.09. The number of halogens is 2. The maximum atomic E-state index is 6.64. The number of hydrogen-bond donors (Lipinski definition) is 2. The van der Waals surface area contributed by atoms with Gasteiger partial charge in [-0.05, 0) is 29.6 Å². The van der Waals surface area contributed by atoms with Crippen LogP contribution in [0.3, 0.4) is 0 Å². The van der Waals surface area contributed by atoms with Gasteiger partial charge in [0.1, 0.15) is 34.0 Å². The second-order valence-electron chi connectivity index (χ2n) is 6.77. The van der Waals surface area contributed by atoms with Gasteiger partial charge in [0.15, 0.2) is 0 Å². The van der Waals surface area contributed by atoms with Crippen LogP contribution in [0.5, 0.6) is 11.5 Å². The maximum absolute atomic E-state index is 6.64. The number of nitrogens with one attached hydrogen (secondary N) is 2. The van der Waals surface area contributed by atoms with Crippen LogP contribution in [0.4, 0.5) is 17.1 Å². The first-order valence-electron chi connectivity index (χ1n) is 9.30. The largest absolute Gasteiger partial charge is 0.495 e. The number of amidine groups is 1. The molecule has 4 aromatic rings. The zero-order valence-electron chi connectivity index (χ0n) is 16.6. The third-order valence-electron chi connectivity index (χ3n) is 5.05. The molecule has 0 atom stereocenters. The predicted molar refractivity (Wildman–Crippen MR) is 127 cm³/mol. The van der Waals surface area contributed by atoms with E-state index < -0.39 is 0 Å². The molecule has 0 spiro atoms. The third kappa shape index (κ3) is 3.37. The molecule has 2 aromatic heterocycles. The normalized spacial score (nSPS) is 13.2. The van der Waals surface area contributed by atoms with Gasteiger partial charge in [-0.2, -0.15) is 5.10 Å². The lowest BCUT2D eigenvalue weighted by atomic mass is 10.2. The van der Waals surface area contributed by atoms with E-state index in [2.05, 4.69) is 15.5 Å². The number of fused-ring (bicyclic) bond motifs is 2. The molecule has 31 heavy (non-hydrogen) atoms. The second kappa shape index (κ2) is 7.96. The van der Waals surface area contributed by atoms with Gasteiger partial charge in [0.2, 0.25) is 0 Å². The lowest BCUT2D eigenvalue weighted by molar-refractivity contribution is 0.395. The Hall–Kier alpha value is -2.94. The van der Waals surface area contributed by atoms with E-state index in [0.717, 1.165) is 33.0 Å². The van der Waals surface area contributed by atoms with Gasteiger partial charge < -0.3 is 19.7 Å². The minimum Gasteiger partial charge on any atom is -0.495 e. The maximum Gasteiger partial charge on any atom is 0.146 e. The highest BCUT2D eigenvalue weighted by Crippen LogP contribution is 2.49. The summed E-state index contributed by atoms with van der Waals surface area (Å²) in [6.45, 7) is 0.328. The highest BCUT2D eigenvalue weighted by Gasteiger charge is 2.29. The summed E-state index contributed by atoms with van der Waals surface area (Å²) in [7, 11) is 3.11. The SMILES string of the molecule is COc1cc(OC)c(Cl)c(N2CN=C(Nc3ccc4cn[nH]c4c3)c3sccc32)c1Cl. The topological polar surface area (TPSA) is 74.8 Å². The van der Waals surface area contributed by atoms with E-state index >= 15 is 0 Å². The summed E-state index contributed by atoms with van der Waals surface area (Å²) in [6, 6.07) is 9.71. The smallest absolute Gasteiger partial charge is 0.146 e. The molecule has 0 bridgehead atoms. The zero-order valence-corrected chi connectivity index (χ0v) is 18.9. The van der Waals surface area contributed by atoms with Crippen LogP contribution in [0.25, 0.3) is 10.9 Å². The third-order valence-corrected chi connectivity index (χ3v) is 6.69. The van der Waals surface area contributed by atoms with Crippen LogP contribution in [0.2, 0.25) is 10.0 Å². The molecule has 1 aliphatic rings. The highest BCUT2D eigenvalue weighted by atomic mass is 35.5.